The first-order valence-electron chi connectivity index (χ1n) is 11.4. The number of nitrogens with one attached hydrogen (secondary N) is 4. The predicted molar refractivity (Wildman–Crippen MR) is 133 cm³/mol. The molecule has 0 saturated carbocycles. The number of amides is 1. The maximum Gasteiger partial charge on any atom is 0.272 e. The van der Waals surface area contributed by atoms with Crippen molar-refractivity contribution in [2.45, 2.75) is 18.9 Å². The van der Waals surface area contributed by atoms with Crippen LogP contribution in [0.5, 0.6) is 0 Å². The third-order valence-corrected chi connectivity index (χ3v) is 6.29. The molecular formula is C25H24N8O. The summed E-state index contributed by atoms with van der Waals surface area (Å²) in [7, 11) is 0. The summed E-state index contributed by atoms with van der Waals surface area (Å²) < 4.78 is 0. The molecule has 6 rings (SSSR count). The van der Waals surface area contributed by atoms with E-state index in [0.29, 0.717) is 17.4 Å². The quantitative estimate of drug-likeness (QED) is 0.318. The first kappa shape index (κ1) is 20.2. The standard InChI is InChI=1S/C25H24N8O/c34-25(30-19-7-8-26-27-14-19)24-11-16-3-5-21(12-23(16)31-24)33-9-1-2-20(15-33)29-18-4-6-22-17(10-18)13-28-32-22/h3-8,10-14,20,29,31H,1-2,9,15H2,(H,28,32)(H,26,30,34). The van der Waals surface area contributed by atoms with Crippen LogP contribution >= 0.6 is 0 Å². The fourth-order valence-electron chi connectivity index (χ4n) is 4.59. The number of nitrogens with zero attached hydrogens (tertiary/aromatic N) is 4. The summed E-state index contributed by atoms with van der Waals surface area (Å²) in [5.41, 5.74) is 5.36. The van der Waals surface area contributed by atoms with E-state index in [1.165, 1.54) is 6.20 Å². The molecule has 4 N–H and O–H groups in total. The Bertz CT molecular complexity index is 1460. The largest absolute Gasteiger partial charge is 0.381 e. The average molecular weight is 453 g/mol. The maximum absolute atomic E-state index is 12.6. The summed E-state index contributed by atoms with van der Waals surface area (Å²) in [6.45, 7) is 1.92. The van der Waals surface area contributed by atoms with Crippen molar-refractivity contribution in [1.82, 2.24) is 25.4 Å². The molecular weight excluding hydrogens is 428 g/mol. The number of hydrogen-bond acceptors (Lipinski definition) is 6. The van der Waals surface area contributed by atoms with E-state index in [-0.39, 0.29) is 5.91 Å². The minimum Gasteiger partial charge on any atom is -0.381 e. The van der Waals surface area contributed by atoms with Gasteiger partial charge in [-0.2, -0.15) is 15.3 Å². The molecule has 1 atom stereocenters. The van der Waals surface area contributed by atoms with E-state index in [4.69, 9.17) is 0 Å². The minimum atomic E-state index is -0.206. The summed E-state index contributed by atoms with van der Waals surface area (Å²) in [5, 5.41) is 23.3. The van der Waals surface area contributed by atoms with Crippen LogP contribution in [0.2, 0.25) is 0 Å². The lowest BCUT2D eigenvalue weighted by molar-refractivity contribution is 0.102. The topological polar surface area (TPSA) is 115 Å². The molecule has 1 unspecified atom stereocenters. The van der Waals surface area contributed by atoms with Gasteiger partial charge in [0.05, 0.1) is 29.8 Å². The Morgan fingerprint density at radius 1 is 0.971 bits per heavy atom. The van der Waals surface area contributed by atoms with Crippen molar-refractivity contribution in [1.29, 1.82) is 0 Å². The van der Waals surface area contributed by atoms with Gasteiger partial charge in [0.15, 0.2) is 0 Å². The Balaban J connectivity index is 1.17. The van der Waals surface area contributed by atoms with Gasteiger partial charge in [-0.3, -0.25) is 9.89 Å². The smallest absolute Gasteiger partial charge is 0.272 e. The summed E-state index contributed by atoms with van der Waals surface area (Å²) in [6.07, 6.45) is 7.15. The lowest BCUT2D eigenvalue weighted by atomic mass is 10.0. The molecule has 170 valence electrons. The van der Waals surface area contributed by atoms with Crippen LogP contribution in [0.15, 0.2) is 67.1 Å². The van der Waals surface area contributed by atoms with Gasteiger partial charge >= 0.3 is 0 Å². The molecule has 2 aromatic carbocycles. The number of aromatic amines is 2. The molecule has 1 aliphatic heterocycles. The van der Waals surface area contributed by atoms with Crippen molar-refractivity contribution in [2.24, 2.45) is 0 Å². The van der Waals surface area contributed by atoms with Crippen LogP contribution < -0.4 is 15.5 Å². The second-order valence-corrected chi connectivity index (χ2v) is 8.64. The van der Waals surface area contributed by atoms with Gasteiger partial charge in [0.25, 0.3) is 5.91 Å². The Morgan fingerprint density at radius 3 is 2.85 bits per heavy atom. The molecule has 9 nitrogen and oxygen atoms in total. The van der Waals surface area contributed by atoms with Crippen LogP contribution in [0.25, 0.3) is 21.8 Å². The molecule has 0 bridgehead atoms. The molecule has 1 saturated heterocycles. The van der Waals surface area contributed by atoms with E-state index in [2.05, 4.69) is 77.3 Å². The Morgan fingerprint density at radius 2 is 1.94 bits per heavy atom. The van der Waals surface area contributed by atoms with E-state index in [0.717, 1.165) is 59.1 Å². The number of H-pyrrole nitrogens is 2. The van der Waals surface area contributed by atoms with Crippen LogP contribution in [0.3, 0.4) is 0 Å². The van der Waals surface area contributed by atoms with Gasteiger partial charge in [0, 0.05) is 46.8 Å². The Kier molecular flexibility index (Phi) is 5.06. The number of carbonyl (C=O) groups is 1. The fraction of sp³-hybridized carbons (Fsp3) is 0.200. The number of carbonyl (C=O) groups excluding carboxylic acids is 1. The van der Waals surface area contributed by atoms with E-state index in [1.54, 1.807) is 12.3 Å². The molecule has 4 heterocycles. The first-order chi connectivity index (χ1) is 16.7. The third kappa shape index (κ3) is 4.03. The summed E-state index contributed by atoms with van der Waals surface area (Å²) in [6, 6.07) is 16.5. The van der Waals surface area contributed by atoms with E-state index in [9.17, 15) is 4.79 Å². The second-order valence-electron chi connectivity index (χ2n) is 8.64. The van der Waals surface area contributed by atoms with Crippen LogP contribution in [-0.4, -0.2) is 50.4 Å². The zero-order valence-corrected chi connectivity index (χ0v) is 18.5. The first-order valence-corrected chi connectivity index (χ1v) is 11.4. The number of rotatable bonds is 5. The minimum absolute atomic E-state index is 0.206. The van der Waals surface area contributed by atoms with Gasteiger partial charge in [0.2, 0.25) is 0 Å². The summed E-state index contributed by atoms with van der Waals surface area (Å²) in [5.74, 6) is -0.206. The Labute approximate surface area is 195 Å². The van der Waals surface area contributed by atoms with Gasteiger partial charge < -0.3 is 20.5 Å². The molecule has 1 aliphatic rings. The number of piperidine rings is 1. The van der Waals surface area contributed by atoms with E-state index >= 15 is 0 Å². The molecule has 9 heteroatoms. The molecule has 0 aliphatic carbocycles. The summed E-state index contributed by atoms with van der Waals surface area (Å²) >= 11 is 0. The van der Waals surface area contributed by atoms with Gasteiger partial charge in [-0.1, -0.05) is 6.07 Å². The molecule has 1 fully saturated rings. The van der Waals surface area contributed by atoms with E-state index < -0.39 is 0 Å². The van der Waals surface area contributed by atoms with Crippen molar-refractivity contribution in [2.75, 3.05) is 28.6 Å². The van der Waals surface area contributed by atoms with Gasteiger partial charge in [0.1, 0.15) is 5.69 Å². The van der Waals surface area contributed by atoms with Crippen LogP contribution in [0, 0.1) is 0 Å². The highest BCUT2D eigenvalue weighted by Gasteiger charge is 2.21. The van der Waals surface area contributed by atoms with Crippen molar-refractivity contribution in [3.8, 4) is 0 Å². The monoisotopic (exact) mass is 452 g/mol. The number of anilines is 3. The molecule has 1 amide bonds. The number of fused-ring (bicyclic) bond motifs is 2. The highest BCUT2D eigenvalue weighted by molar-refractivity contribution is 6.06. The van der Waals surface area contributed by atoms with Gasteiger partial charge in [-0.05, 0) is 55.3 Å². The van der Waals surface area contributed by atoms with Crippen LogP contribution in [0.4, 0.5) is 17.1 Å². The predicted octanol–water partition coefficient (Wildman–Crippen LogP) is 4.17. The maximum atomic E-state index is 12.6. The lowest BCUT2D eigenvalue weighted by Gasteiger charge is -2.35. The van der Waals surface area contributed by atoms with Gasteiger partial charge in [-0.25, -0.2) is 0 Å². The van der Waals surface area contributed by atoms with E-state index in [1.807, 2.05) is 12.3 Å². The van der Waals surface area contributed by atoms with Crippen LogP contribution in [0.1, 0.15) is 23.3 Å². The Hall–Kier alpha value is -4.40. The normalized spacial score (nSPS) is 16.1. The zero-order valence-electron chi connectivity index (χ0n) is 18.5. The SMILES string of the molecule is O=C(Nc1ccnnc1)c1cc2ccc(N3CCCC(Nc4ccc5[nH]ncc5c4)C3)cc2[nH]1. The lowest BCUT2D eigenvalue weighted by Crippen LogP contribution is -2.42. The van der Waals surface area contributed by atoms with Crippen molar-refractivity contribution in [3.05, 3.63) is 72.8 Å². The number of benzene rings is 2. The third-order valence-electron chi connectivity index (χ3n) is 6.29. The van der Waals surface area contributed by atoms with Crippen molar-refractivity contribution in [3.63, 3.8) is 0 Å². The summed E-state index contributed by atoms with van der Waals surface area (Å²) in [4.78, 5) is 18.3. The van der Waals surface area contributed by atoms with Crippen LogP contribution in [-0.2, 0) is 0 Å². The molecule has 5 aromatic rings. The molecule has 0 spiro atoms. The molecule has 34 heavy (non-hydrogen) atoms. The van der Waals surface area contributed by atoms with Gasteiger partial charge in [-0.15, -0.1) is 0 Å². The van der Waals surface area contributed by atoms with Crippen molar-refractivity contribution >= 4 is 44.8 Å². The second kappa shape index (κ2) is 8.51. The number of aromatic nitrogens is 5. The fourth-order valence-corrected chi connectivity index (χ4v) is 4.59. The molecule has 3 aromatic heterocycles. The highest BCUT2D eigenvalue weighted by atomic mass is 16.1. The van der Waals surface area contributed by atoms with Crippen molar-refractivity contribution < 1.29 is 4.79 Å². The number of hydrogen-bond donors (Lipinski definition) is 4. The average Bonchev–Trinajstić information content (AvgIpc) is 3.51. The molecule has 0 radical (unpaired) electrons. The highest BCUT2D eigenvalue weighted by Crippen LogP contribution is 2.27. The zero-order chi connectivity index (χ0) is 22.9.